The van der Waals surface area contributed by atoms with Crippen LogP contribution in [0, 0.1) is 16.0 Å². The highest BCUT2D eigenvalue weighted by Gasteiger charge is 2.27. The SMILES string of the molecule is Cn1cc([N+](=O)[O-])cc1C(=O)NCC1CC(O)C1. The number of carbonyl (C=O) groups excluding carboxylic acids is 1. The number of aromatic nitrogens is 1. The molecule has 98 valence electrons. The van der Waals surface area contributed by atoms with E-state index >= 15 is 0 Å². The van der Waals surface area contributed by atoms with E-state index in [0.717, 1.165) is 0 Å². The van der Waals surface area contributed by atoms with E-state index in [2.05, 4.69) is 5.32 Å². The van der Waals surface area contributed by atoms with Gasteiger partial charge in [0, 0.05) is 19.7 Å². The normalized spacial score (nSPS) is 22.3. The molecule has 1 saturated carbocycles. The molecule has 1 aromatic rings. The molecule has 0 atom stereocenters. The van der Waals surface area contributed by atoms with E-state index in [1.165, 1.54) is 16.8 Å². The highest BCUT2D eigenvalue weighted by atomic mass is 16.6. The fraction of sp³-hybridized carbons (Fsp3) is 0.545. The summed E-state index contributed by atoms with van der Waals surface area (Å²) in [5, 5.41) is 22.4. The lowest BCUT2D eigenvalue weighted by Crippen LogP contribution is -2.38. The van der Waals surface area contributed by atoms with Crippen molar-refractivity contribution in [2.75, 3.05) is 6.54 Å². The van der Waals surface area contributed by atoms with Gasteiger partial charge in [-0.15, -0.1) is 0 Å². The molecule has 1 fully saturated rings. The van der Waals surface area contributed by atoms with Crippen LogP contribution in [0.4, 0.5) is 5.69 Å². The lowest BCUT2D eigenvalue weighted by Gasteiger charge is -2.31. The van der Waals surface area contributed by atoms with Crippen LogP contribution in [0.2, 0.25) is 0 Å². The molecule has 18 heavy (non-hydrogen) atoms. The molecule has 1 amide bonds. The van der Waals surface area contributed by atoms with Gasteiger partial charge in [0.25, 0.3) is 11.6 Å². The number of nitrogens with one attached hydrogen (secondary N) is 1. The van der Waals surface area contributed by atoms with Gasteiger partial charge in [-0.3, -0.25) is 14.9 Å². The average molecular weight is 253 g/mol. The van der Waals surface area contributed by atoms with E-state index in [-0.39, 0.29) is 23.4 Å². The first-order valence-electron chi connectivity index (χ1n) is 5.74. The van der Waals surface area contributed by atoms with Gasteiger partial charge in [-0.25, -0.2) is 0 Å². The molecule has 2 N–H and O–H groups in total. The van der Waals surface area contributed by atoms with Crippen molar-refractivity contribution in [3.63, 3.8) is 0 Å². The van der Waals surface area contributed by atoms with Gasteiger partial charge in [0.1, 0.15) is 5.69 Å². The summed E-state index contributed by atoms with van der Waals surface area (Å²) in [6.45, 7) is 0.495. The Kier molecular flexibility index (Phi) is 3.33. The minimum Gasteiger partial charge on any atom is -0.393 e. The van der Waals surface area contributed by atoms with Gasteiger partial charge in [0.05, 0.1) is 17.2 Å². The third-order valence-electron chi connectivity index (χ3n) is 3.20. The minimum atomic E-state index is -0.529. The molecule has 1 heterocycles. The molecule has 1 aliphatic rings. The second kappa shape index (κ2) is 4.77. The zero-order valence-corrected chi connectivity index (χ0v) is 10.00. The summed E-state index contributed by atoms with van der Waals surface area (Å²) in [6.07, 6.45) is 2.46. The number of hydrogen-bond donors (Lipinski definition) is 2. The quantitative estimate of drug-likeness (QED) is 0.600. The molecule has 0 aromatic carbocycles. The van der Waals surface area contributed by atoms with Crippen molar-refractivity contribution in [3.8, 4) is 0 Å². The molecule has 0 bridgehead atoms. The average Bonchev–Trinajstić information content (AvgIpc) is 2.65. The van der Waals surface area contributed by atoms with Gasteiger partial charge in [0.15, 0.2) is 0 Å². The van der Waals surface area contributed by atoms with E-state index < -0.39 is 4.92 Å². The van der Waals surface area contributed by atoms with E-state index in [1.54, 1.807) is 7.05 Å². The van der Waals surface area contributed by atoms with Gasteiger partial charge in [-0.2, -0.15) is 0 Å². The van der Waals surface area contributed by atoms with Gasteiger partial charge < -0.3 is 15.0 Å². The van der Waals surface area contributed by atoms with Gasteiger partial charge in [-0.1, -0.05) is 0 Å². The second-order valence-electron chi connectivity index (χ2n) is 4.65. The monoisotopic (exact) mass is 253 g/mol. The summed E-state index contributed by atoms with van der Waals surface area (Å²) in [6, 6.07) is 1.25. The smallest absolute Gasteiger partial charge is 0.287 e. The van der Waals surface area contributed by atoms with Crippen molar-refractivity contribution in [1.29, 1.82) is 0 Å². The number of nitro groups is 1. The lowest BCUT2D eigenvalue weighted by atomic mass is 9.82. The molecule has 0 aliphatic heterocycles. The van der Waals surface area contributed by atoms with Gasteiger partial charge in [-0.05, 0) is 18.8 Å². The molecule has 0 saturated heterocycles. The first kappa shape index (κ1) is 12.6. The molecule has 1 aliphatic carbocycles. The Balaban J connectivity index is 1.94. The summed E-state index contributed by atoms with van der Waals surface area (Å²) in [7, 11) is 1.59. The molecule has 0 unspecified atom stereocenters. The van der Waals surface area contributed by atoms with Crippen LogP contribution in [0.15, 0.2) is 12.3 Å². The highest BCUT2D eigenvalue weighted by molar-refractivity contribution is 5.93. The van der Waals surface area contributed by atoms with Crippen LogP contribution in [0.3, 0.4) is 0 Å². The number of amides is 1. The van der Waals surface area contributed by atoms with E-state index in [4.69, 9.17) is 5.11 Å². The molecule has 0 radical (unpaired) electrons. The van der Waals surface area contributed by atoms with Crippen LogP contribution in [0.25, 0.3) is 0 Å². The zero-order valence-electron chi connectivity index (χ0n) is 10.00. The van der Waals surface area contributed by atoms with Crippen LogP contribution in [-0.2, 0) is 7.05 Å². The first-order valence-corrected chi connectivity index (χ1v) is 5.74. The fourth-order valence-electron chi connectivity index (χ4n) is 2.07. The van der Waals surface area contributed by atoms with Crippen LogP contribution in [-0.4, -0.2) is 33.2 Å². The second-order valence-corrected chi connectivity index (χ2v) is 4.65. The summed E-state index contributed by atoms with van der Waals surface area (Å²) < 4.78 is 1.43. The third kappa shape index (κ3) is 2.51. The molecule has 1 aromatic heterocycles. The zero-order chi connectivity index (χ0) is 13.3. The Morgan fingerprint density at radius 3 is 2.83 bits per heavy atom. The van der Waals surface area contributed by atoms with Crippen molar-refractivity contribution in [2.24, 2.45) is 13.0 Å². The molecule has 2 rings (SSSR count). The predicted octanol–water partition coefficient (Wildman–Crippen LogP) is 0.434. The number of rotatable bonds is 4. The summed E-state index contributed by atoms with van der Waals surface area (Å²) >= 11 is 0. The molecule has 0 spiro atoms. The Bertz CT molecular complexity index is 477. The van der Waals surface area contributed by atoms with Crippen LogP contribution >= 0.6 is 0 Å². The van der Waals surface area contributed by atoms with Gasteiger partial charge >= 0.3 is 0 Å². The van der Waals surface area contributed by atoms with E-state index in [0.29, 0.717) is 25.3 Å². The van der Waals surface area contributed by atoms with Crippen molar-refractivity contribution in [3.05, 3.63) is 28.1 Å². The van der Waals surface area contributed by atoms with Crippen molar-refractivity contribution >= 4 is 11.6 Å². The van der Waals surface area contributed by atoms with Crippen molar-refractivity contribution < 1.29 is 14.8 Å². The molecule has 7 heteroatoms. The van der Waals surface area contributed by atoms with Crippen molar-refractivity contribution in [2.45, 2.75) is 18.9 Å². The topological polar surface area (TPSA) is 97.4 Å². The number of hydrogen-bond acceptors (Lipinski definition) is 4. The maximum Gasteiger partial charge on any atom is 0.287 e. The predicted molar refractivity (Wildman–Crippen MR) is 63.1 cm³/mol. The number of aliphatic hydroxyl groups is 1. The van der Waals surface area contributed by atoms with Crippen molar-refractivity contribution in [1.82, 2.24) is 9.88 Å². The summed E-state index contributed by atoms with van der Waals surface area (Å²) in [4.78, 5) is 21.9. The number of aryl methyl sites for hydroxylation is 1. The minimum absolute atomic E-state index is 0.0956. The number of aliphatic hydroxyl groups excluding tert-OH is 1. The van der Waals surface area contributed by atoms with Crippen LogP contribution < -0.4 is 5.32 Å². The molecular weight excluding hydrogens is 238 g/mol. The third-order valence-corrected chi connectivity index (χ3v) is 3.20. The highest BCUT2D eigenvalue weighted by Crippen LogP contribution is 2.26. The fourth-order valence-corrected chi connectivity index (χ4v) is 2.07. The van der Waals surface area contributed by atoms with E-state index in [9.17, 15) is 14.9 Å². The standard InChI is InChI=1S/C11H15N3O4/c1-13-6-8(14(17)18)4-10(13)11(16)12-5-7-2-9(15)3-7/h4,6-7,9,15H,2-3,5H2,1H3,(H,12,16). The Labute approximate surface area is 104 Å². The molecule has 7 nitrogen and oxygen atoms in total. The largest absolute Gasteiger partial charge is 0.393 e. The van der Waals surface area contributed by atoms with E-state index in [1.807, 2.05) is 0 Å². The summed E-state index contributed by atoms with van der Waals surface area (Å²) in [5.41, 5.74) is 0.170. The Morgan fingerprint density at radius 1 is 1.67 bits per heavy atom. The van der Waals surface area contributed by atoms with Gasteiger partial charge in [0.2, 0.25) is 0 Å². The number of nitrogens with zero attached hydrogens (tertiary/aromatic N) is 2. The number of carbonyl (C=O) groups is 1. The van der Waals surface area contributed by atoms with Crippen LogP contribution in [0.1, 0.15) is 23.3 Å². The lowest BCUT2D eigenvalue weighted by molar-refractivity contribution is -0.384. The first-order chi connectivity index (χ1) is 8.47. The molecular formula is C11H15N3O4. The maximum absolute atomic E-state index is 11.8. The maximum atomic E-state index is 11.8. The Morgan fingerprint density at radius 2 is 2.33 bits per heavy atom. The Hall–Kier alpha value is -1.89. The van der Waals surface area contributed by atoms with Crippen LogP contribution in [0.5, 0.6) is 0 Å². The summed E-state index contributed by atoms with van der Waals surface area (Å²) in [5.74, 6) is -0.0220.